The van der Waals surface area contributed by atoms with E-state index in [-0.39, 0.29) is 11.7 Å². The Balaban J connectivity index is 1.95. The van der Waals surface area contributed by atoms with Gasteiger partial charge in [0, 0.05) is 24.2 Å². The fraction of sp³-hybridized carbons (Fsp3) is 0.125. The Morgan fingerprint density at radius 1 is 1.24 bits per heavy atom. The number of aromatic hydroxyl groups is 1. The molecular formula is C16H15N3O2. The average molecular weight is 281 g/mol. The average Bonchev–Trinajstić information content (AvgIpc) is 2.81. The molecule has 0 aliphatic heterocycles. The predicted molar refractivity (Wildman–Crippen MR) is 81.5 cm³/mol. The van der Waals surface area contributed by atoms with Crippen LogP contribution < -0.4 is 5.32 Å². The molecule has 0 saturated carbocycles. The number of fused-ring (bicyclic) bond motifs is 1. The third-order valence-corrected chi connectivity index (χ3v) is 3.44. The first-order chi connectivity index (χ1) is 10.1. The molecule has 0 fully saturated rings. The van der Waals surface area contributed by atoms with Gasteiger partial charge in [-0.3, -0.25) is 9.48 Å². The fourth-order valence-corrected chi connectivity index (χ4v) is 2.26. The van der Waals surface area contributed by atoms with Crippen molar-refractivity contribution >= 4 is 22.5 Å². The van der Waals surface area contributed by atoms with E-state index in [1.54, 1.807) is 30.8 Å². The van der Waals surface area contributed by atoms with Crippen LogP contribution in [-0.2, 0) is 7.05 Å². The Kier molecular flexibility index (Phi) is 3.10. The Morgan fingerprint density at radius 2 is 2.00 bits per heavy atom. The van der Waals surface area contributed by atoms with E-state index in [9.17, 15) is 9.90 Å². The highest BCUT2D eigenvalue weighted by Gasteiger charge is 2.16. The maximum atomic E-state index is 12.4. The molecule has 0 saturated heterocycles. The third-order valence-electron chi connectivity index (χ3n) is 3.44. The summed E-state index contributed by atoms with van der Waals surface area (Å²) in [5, 5.41) is 17.5. The topological polar surface area (TPSA) is 67.2 Å². The van der Waals surface area contributed by atoms with Gasteiger partial charge in [-0.05, 0) is 24.6 Å². The molecule has 0 spiro atoms. The number of para-hydroxylation sites is 1. The maximum Gasteiger partial charge on any atom is 0.276 e. The Bertz CT molecular complexity index is 837. The van der Waals surface area contributed by atoms with Crippen molar-refractivity contribution in [1.82, 2.24) is 9.78 Å². The minimum atomic E-state index is -0.296. The van der Waals surface area contributed by atoms with Crippen LogP contribution in [0.1, 0.15) is 16.1 Å². The number of hydrogen-bond donors (Lipinski definition) is 2. The van der Waals surface area contributed by atoms with Crippen LogP contribution in [-0.4, -0.2) is 20.8 Å². The molecule has 3 aromatic rings. The summed E-state index contributed by atoms with van der Waals surface area (Å²) in [5.41, 5.74) is 2.57. The number of nitrogens with zero attached hydrogens (tertiary/aromatic N) is 2. The van der Waals surface area contributed by atoms with E-state index in [2.05, 4.69) is 10.4 Å². The standard InChI is InChI=1S/C16H15N3O2/c1-10-7-8-11(9-14(10)20)17-16(21)15-12-5-3-4-6-13(12)19(2)18-15/h3-9,20H,1-2H3,(H,17,21). The molecular weight excluding hydrogens is 266 g/mol. The Morgan fingerprint density at radius 3 is 2.76 bits per heavy atom. The zero-order valence-electron chi connectivity index (χ0n) is 11.8. The van der Waals surface area contributed by atoms with E-state index in [1.807, 2.05) is 24.3 Å². The molecule has 0 bridgehead atoms. The van der Waals surface area contributed by atoms with Crippen LogP contribution in [0.3, 0.4) is 0 Å². The lowest BCUT2D eigenvalue weighted by Crippen LogP contribution is -2.13. The van der Waals surface area contributed by atoms with E-state index >= 15 is 0 Å². The van der Waals surface area contributed by atoms with Crippen LogP contribution in [0.4, 0.5) is 5.69 Å². The van der Waals surface area contributed by atoms with Gasteiger partial charge in [0.1, 0.15) is 5.75 Å². The van der Waals surface area contributed by atoms with Gasteiger partial charge in [-0.15, -0.1) is 0 Å². The highest BCUT2D eigenvalue weighted by atomic mass is 16.3. The highest BCUT2D eigenvalue weighted by molar-refractivity contribution is 6.11. The van der Waals surface area contributed by atoms with E-state index in [4.69, 9.17) is 0 Å². The zero-order valence-corrected chi connectivity index (χ0v) is 11.8. The molecule has 0 aliphatic carbocycles. The van der Waals surface area contributed by atoms with Crippen molar-refractivity contribution in [2.75, 3.05) is 5.32 Å². The first kappa shape index (κ1) is 13.2. The maximum absolute atomic E-state index is 12.4. The summed E-state index contributed by atoms with van der Waals surface area (Å²) in [4.78, 5) is 12.4. The smallest absolute Gasteiger partial charge is 0.276 e. The number of amides is 1. The zero-order chi connectivity index (χ0) is 15.0. The summed E-state index contributed by atoms with van der Waals surface area (Å²) in [6.45, 7) is 1.80. The number of hydrogen-bond acceptors (Lipinski definition) is 3. The Hall–Kier alpha value is -2.82. The first-order valence-electron chi connectivity index (χ1n) is 6.59. The normalized spacial score (nSPS) is 10.8. The molecule has 1 aromatic heterocycles. The monoisotopic (exact) mass is 281 g/mol. The van der Waals surface area contributed by atoms with Gasteiger partial charge in [-0.1, -0.05) is 24.3 Å². The number of phenols is 1. The van der Waals surface area contributed by atoms with Crippen LogP contribution in [0, 0.1) is 6.92 Å². The number of benzene rings is 2. The van der Waals surface area contributed by atoms with Gasteiger partial charge in [-0.2, -0.15) is 5.10 Å². The molecule has 5 heteroatoms. The molecule has 106 valence electrons. The van der Waals surface area contributed by atoms with Crippen LogP contribution in [0.15, 0.2) is 42.5 Å². The molecule has 5 nitrogen and oxygen atoms in total. The molecule has 1 amide bonds. The van der Waals surface area contributed by atoms with Crippen molar-refractivity contribution in [3.63, 3.8) is 0 Å². The number of anilines is 1. The van der Waals surface area contributed by atoms with Gasteiger partial charge in [0.25, 0.3) is 5.91 Å². The van der Waals surface area contributed by atoms with Crippen LogP contribution in [0.2, 0.25) is 0 Å². The minimum absolute atomic E-state index is 0.152. The lowest BCUT2D eigenvalue weighted by molar-refractivity contribution is 0.102. The summed E-state index contributed by atoms with van der Waals surface area (Å²) < 4.78 is 1.68. The van der Waals surface area contributed by atoms with Crippen LogP contribution in [0.5, 0.6) is 5.75 Å². The second-order valence-corrected chi connectivity index (χ2v) is 4.94. The largest absolute Gasteiger partial charge is 0.508 e. The second kappa shape index (κ2) is 4.94. The summed E-state index contributed by atoms with van der Waals surface area (Å²) >= 11 is 0. The van der Waals surface area contributed by atoms with Gasteiger partial charge in [-0.25, -0.2) is 0 Å². The molecule has 0 aliphatic rings. The molecule has 1 heterocycles. The van der Waals surface area contributed by atoms with Gasteiger partial charge < -0.3 is 10.4 Å². The number of carbonyl (C=O) groups excluding carboxylic acids is 1. The highest BCUT2D eigenvalue weighted by Crippen LogP contribution is 2.23. The van der Waals surface area contributed by atoms with Gasteiger partial charge >= 0.3 is 0 Å². The van der Waals surface area contributed by atoms with Crippen molar-refractivity contribution in [1.29, 1.82) is 0 Å². The lowest BCUT2D eigenvalue weighted by Gasteiger charge is -2.05. The van der Waals surface area contributed by atoms with Crippen molar-refractivity contribution in [2.24, 2.45) is 7.05 Å². The Labute approximate surface area is 121 Å². The number of phenolic OH excluding ortho intramolecular Hbond substituents is 1. The summed E-state index contributed by atoms with van der Waals surface area (Å²) in [7, 11) is 1.80. The van der Waals surface area contributed by atoms with E-state index in [0.717, 1.165) is 16.5 Å². The van der Waals surface area contributed by atoms with Crippen LogP contribution in [0.25, 0.3) is 10.9 Å². The number of aromatic nitrogens is 2. The predicted octanol–water partition coefficient (Wildman–Crippen LogP) is 2.84. The van der Waals surface area contributed by atoms with E-state index < -0.39 is 0 Å². The fourth-order valence-electron chi connectivity index (χ4n) is 2.26. The molecule has 3 rings (SSSR count). The number of carbonyl (C=O) groups is 1. The molecule has 0 unspecified atom stereocenters. The summed E-state index contributed by atoms with van der Waals surface area (Å²) in [6.07, 6.45) is 0. The van der Waals surface area contributed by atoms with Crippen molar-refractivity contribution in [2.45, 2.75) is 6.92 Å². The van der Waals surface area contributed by atoms with Crippen molar-refractivity contribution in [3.8, 4) is 5.75 Å². The first-order valence-corrected chi connectivity index (χ1v) is 6.59. The van der Waals surface area contributed by atoms with Crippen molar-refractivity contribution in [3.05, 3.63) is 53.7 Å². The molecule has 0 atom stereocenters. The lowest BCUT2D eigenvalue weighted by atomic mass is 10.2. The summed E-state index contributed by atoms with van der Waals surface area (Å²) in [6, 6.07) is 12.6. The second-order valence-electron chi connectivity index (χ2n) is 4.94. The minimum Gasteiger partial charge on any atom is -0.508 e. The number of nitrogens with one attached hydrogen (secondary N) is 1. The van der Waals surface area contributed by atoms with Gasteiger partial charge in [0.15, 0.2) is 5.69 Å². The van der Waals surface area contributed by atoms with Gasteiger partial charge in [0.2, 0.25) is 0 Å². The van der Waals surface area contributed by atoms with Crippen molar-refractivity contribution < 1.29 is 9.90 Å². The summed E-state index contributed by atoms with van der Waals surface area (Å²) in [5.74, 6) is -0.145. The van der Waals surface area contributed by atoms with E-state index in [0.29, 0.717) is 11.4 Å². The quantitative estimate of drug-likeness (QED) is 0.759. The molecule has 2 aromatic carbocycles. The van der Waals surface area contributed by atoms with Crippen LogP contribution >= 0.6 is 0 Å². The molecule has 21 heavy (non-hydrogen) atoms. The van der Waals surface area contributed by atoms with Gasteiger partial charge in [0.05, 0.1) is 5.52 Å². The SMILES string of the molecule is Cc1ccc(NC(=O)c2nn(C)c3ccccc23)cc1O. The molecule has 2 N–H and O–H groups in total. The third kappa shape index (κ3) is 2.33. The molecule has 0 radical (unpaired) electrons. The number of rotatable bonds is 2. The van der Waals surface area contributed by atoms with E-state index in [1.165, 1.54) is 6.07 Å². The number of aryl methyl sites for hydroxylation is 2.